The minimum atomic E-state index is -1.06. The number of hydrogen-bond acceptors (Lipinski definition) is 2. The van der Waals surface area contributed by atoms with Crippen molar-refractivity contribution < 1.29 is 23.4 Å². The van der Waals surface area contributed by atoms with E-state index in [4.69, 9.17) is 4.74 Å². The van der Waals surface area contributed by atoms with Crippen LogP contribution in [0.5, 0.6) is 5.75 Å². The summed E-state index contributed by atoms with van der Waals surface area (Å²) in [5.41, 5.74) is 1.07. The van der Waals surface area contributed by atoms with E-state index in [1.165, 1.54) is 18.2 Å². The van der Waals surface area contributed by atoms with Crippen molar-refractivity contribution >= 4 is 5.97 Å². The van der Waals surface area contributed by atoms with E-state index in [-0.39, 0.29) is 17.4 Å². The SMILES string of the molecule is CCCC(C(=O)O)c1ccc(-c2cccc(F)c2)c(OC2CCC2)c1F. The molecule has 0 amide bonds. The Morgan fingerprint density at radius 3 is 2.62 bits per heavy atom. The van der Waals surface area contributed by atoms with Crippen molar-refractivity contribution in [3.05, 3.63) is 53.6 Å². The van der Waals surface area contributed by atoms with Crippen molar-refractivity contribution in [2.75, 3.05) is 0 Å². The number of ether oxygens (including phenoxy) is 1. The molecule has 1 unspecified atom stereocenters. The van der Waals surface area contributed by atoms with Crippen LogP contribution in [0.15, 0.2) is 36.4 Å². The van der Waals surface area contributed by atoms with E-state index in [1.54, 1.807) is 18.2 Å². The van der Waals surface area contributed by atoms with Crippen molar-refractivity contribution in [1.82, 2.24) is 0 Å². The minimum Gasteiger partial charge on any atom is -0.487 e. The molecule has 1 aliphatic rings. The molecule has 2 aromatic carbocycles. The number of benzene rings is 2. The van der Waals surface area contributed by atoms with Gasteiger partial charge in [-0.05, 0) is 43.4 Å². The number of aliphatic carboxylic acids is 1. The van der Waals surface area contributed by atoms with E-state index in [9.17, 15) is 14.3 Å². The van der Waals surface area contributed by atoms with Crippen molar-refractivity contribution in [3.63, 3.8) is 0 Å². The molecule has 0 bridgehead atoms. The largest absolute Gasteiger partial charge is 0.487 e. The zero-order valence-electron chi connectivity index (χ0n) is 14.7. The highest BCUT2D eigenvalue weighted by Crippen LogP contribution is 2.40. The third-order valence-corrected chi connectivity index (χ3v) is 4.85. The van der Waals surface area contributed by atoms with Crippen LogP contribution in [0.2, 0.25) is 0 Å². The summed E-state index contributed by atoms with van der Waals surface area (Å²) in [6.07, 6.45) is 3.58. The van der Waals surface area contributed by atoms with Crippen LogP contribution in [0.25, 0.3) is 11.1 Å². The molecule has 0 aromatic heterocycles. The normalized spacial score (nSPS) is 15.3. The highest BCUT2D eigenvalue weighted by Gasteiger charge is 2.29. The molecule has 1 aliphatic carbocycles. The Morgan fingerprint density at radius 1 is 1.27 bits per heavy atom. The molecule has 1 saturated carbocycles. The molecule has 3 nitrogen and oxygen atoms in total. The number of carboxylic acid groups (broad SMARTS) is 1. The zero-order valence-corrected chi connectivity index (χ0v) is 14.7. The van der Waals surface area contributed by atoms with Gasteiger partial charge in [0.25, 0.3) is 0 Å². The molecule has 26 heavy (non-hydrogen) atoms. The number of carbonyl (C=O) groups is 1. The average molecular weight is 360 g/mol. The van der Waals surface area contributed by atoms with Crippen LogP contribution in [0.3, 0.4) is 0 Å². The first-order valence-corrected chi connectivity index (χ1v) is 8.99. The van der Waals surface area contributed by atoms with Crippen molar-refractivity contribution in [2.24, 2.45) is 0 Å². The minimum absolute atomic E-state index is 0.0279. The van der Waals surface area contributed by atoms with Crippen molar-refractivity contribution in [3.8, 4) is 16.9 Å². The Bertz CT molecular complexity index is 800. The molecule has 0 spiro atoms. The highest BCUT2D eigenvalue weighted by molar-refractivity contribution is 5.78. The molecule has 0 aliphatic heterocycles. The number of carboxylic acids is 1. The lowest BCUT2D eigenvalue weighted by molar-refractivity contribution is -0.139. The highest BCUT2D eigenvalue weighted by atomic mass is 19.1. The molecular formula is C21H22F2O3. The molecule has 2 aromatic rings. The maximum Gasteiger partial charge on any atom is 0.311 e. The second kappa shape index (κ2) is 7.85. The van der Waals surface area contributed by atoms with Crippen LogP contribution in [0.4, 0.5) is 8.78 Å². The van der Waals surface area contributed by atoms with Crippen LogP contribution in [0, 0.1) is 11.6 Å². The predicted molar refractivity (Wildman–Crippen MR) is 95.3 cm³/mol. The van der Waals surface area contributed by atoms with Gasteiger partial charge in [-0.3, -0.25) is 4.79 Å². The van der Waals surface area contributed by atoms with Crippen LogP contribution >= 0.6 is 0 Å². The maximum absolute atomic E-state index is 15.3. The van der Waals surface area contributed by atoms with Gasteiger partial charge in [0, 0.05) is 11.1 Å². The summed E-state index contributed by atoms with van der Waals surface area (Å²) in [5, 5.41) is 9.48. The summed E-state index contributed by atoms with van der Waals surface area (Å²) in [5.74, 6) is -3.03. The molecule has 0 saturated heterocycles. The van der Waals surface area contributed by atoms with Gasteiger partial charge < -0.3 is 9.84 Å². The second-order valence-electron chi connectivity index (χ2n) is 6.71. The molecular weight excluding hydrogens is 338 g/mol. The molecule has 1 N–H and O–H groups in total. The van der Waals surface area contributed by atoms with E-state index in [0.29, 0.717) is 24.0 Å². The van der Waals surface area contributed by atoms with E-state index in [1.807, 2.05) is 6.92 Å². The van der Waals surface area contributed by atoms with Gasteiger partial charge in [-0.1, -0.05) is 37.6 Å². The van der Waals surface area contributed by atoms with Gasteiger partial charge in [0.1, 0.15) is 5.82 Å². The van der Waals surface area contributed by atoms with Crippen LogP contribution in [-0.2, 0) is 4.79 Å². The quantitative estimate of drug-likeness (QED) is 0.706. The Labute approximate surface area is 151 Å². The summed E-state index contributed by atoms with van der Waals surface area (Å²) in [7, 11) is 0. The van der Waals surface area contributed by atoms with Gasteiger partial charge in [-0.25, -0.2) is 8.78 Å². The molecule has 138 valence electrons. The standard InChI is InChI=1S/C21H22F2O3/c1-2-5-18(21(24)25)17-11-10-16(13-6-3-7-14(22)12-13)20(19(17)23)26-15-8-4-9-15/h3,6-7,10-12,15,18H,2,4-5,8-9H2,1H3,(H,24,25). The summed E-state index contributed by atoms with van der Waals surface area (Å²) in [6.45, 7) is 1.86. The first-order chi connectivity index (χ1) is 12.5. The number of rotatable bonds is 7. The Balaban J connectivity index is 2.09. The van der Waals surface area contributed by atoms with E-state index in [2.05, 4.69) is 0 Å². The number of hydrogen-bond donors (Lipinski definition) is 1. The fourth-order valence-corrected chi connectivity index (χ4v) is 3.19. The van der Waals surface area contributed by atoms with Crippen LogP contribution < -0.4 is 4.74 Å². The summed E-state index contributed by atoms with van der Waals surface area (Å²) in [6, 6.07) is 9.00. The number of halogens is 2. The van der Waals surface area contributed by atoms with Gasteiger partial charge >= 0.3 is 5.97 Å². The monoisotopic (exact) mass is 360 g/mol. The predicted octanol–water partition coefficient (Wildman–Crippen LogP) is 5.53. The Hall–Kier alpha value is -2.43. The van der Waals surface area contributed by atoms with Crippen LogP contribution in [-0.4, -0.2) is 17.2 Å². The lowest BCUT2D eigenvalue weighted by Gasteiger charge is -2.28. The third kappa shape index (κ3) is 3.71. The third-order valence-electron chi connectivity index (χ3n) is 4.85. The molecule has 3 rings (SSSR count). The van der Waals surface area contributed by atoms with Gasteiger partial charge in [0.15, 0.2) is 11.6 Å². The summed E-state index contributed by atoms with van der Waals surface area (Å²) in [4.78, 5) is 11.6. The Morgan fingerprint density at radius 2 is 2.04 bits per heavy atom. The van der Waals surface area contributed by atoms with Gasteiger partial charge in [-0.2, -0.15) is 0 Å². The molecule has 0 radical (unpaired) electrons. The molecule has 1 atom stereocenters. The van der Waals surface area contributed by atoms with Crippen molar-refractivity contribution in [2.45, 2.75) is 51.0 Å². The fourth-order valence-electron chi connectivity index (χ4n) is 3.19. The van der Waals surface area contributed by atoms with Gasteiger partial charge in [0.05, 0.1) is 12.0 Å². The molecule has 1 fully saturated rings. The van der Waals surface area contributed by atoms with Crippen molar-refractivity contribution in [1.29, 1.82) is 0 Å². The second-order valence-corrected chi connectivity index (χ2v) is 6.71. The lowest BCUT2D eigenvalue weighted by Crippen LogP contribution is -2.25. The van der Waals surface area contributed by atoms with E-state index >= 15 is 4.39 Å². The summed E-state index contributed by atoms with van der Waals surface area (Å²) >= 11 is 0. The first-order valence-electron chi connectivity index (χ1n) is 8.99. The summed E-state index contributed by atoms with van der Waals surface area (Å²) < 4.78 is 34.8. The van der Waals surface area contributed by atoms with Gasteiger partial charge in [0.2, 0.25) is 0 Å². The fraction of sp³-hybridized carbons (Fsp3) is 0.381. The van der Waals surface area contributed by atoms with E-state index in [0.717, 1.165) is 19.3 Å². The van der Waals surface area contributed by atoms with E-state index < -0.39 is 23.5 Å². The first kappa shape index (κ1) is 18.4. The topological polar surface area (TPSA) is 46.5 Å². The van der Waals surface area contributed by atoms with Gasteiger partial charge in [-0.15, -0.1) is 0 Å². The zero-order chi connectivity index (χ0) is 18.7. The van der Waals surface area contributed by atoms with Crippen LogP contribution in [0.1, 0.15) is 50.5 Å². The molecule has 5 heteroatoms. The average Bonchev–Trinajstić information content (AvgIpc) is 2.57. The lowest BCUT2D eigenvalue weighted by atomic mass is 9.91. The molecule has 0 heterocycles. The Kier molecular flexibility index (Phi) is 5.55. The smallest absolute Gasteiger partial charge is 0.311 e. The maximum atomic E-state index is 15.3.